The molecule has 0 aliphatic carbocycles. The normalized spacial score (nSPS) is 10.6. The first-order valence-corrected chi connectivity index (χ1v) is 9.59. The number of hydrogen-bond donors (Lipinski definition) is 0. The average Bonchev–Trinajstić information content (AvgIpc) is 2.58. The highest BCUT2D eigenvalue weighted by atomic mass is 16.6. The summed E-state index contributed by atoms with van der Waals surface area (Å²) in [5.41, 5.74) is 0. The molecule has 0 heterocycles. The molecule has 0 aliphatic heterocycles. The zero-order valence-electron chi connectivity index (χ0n) is 15.6. The maximum Gasteiger partial charge on any atom is 0.306 e. The number of hydrogen-bond acceptors (Lipinski definition) is 5. The first kappa shape index (κ1) is 22.9. The minimum atomic E-state index is -0.380. The van der Waals surface area contributed by atoms with Crippen LogP contribution in [0.5, 0.6) is 0 Å². The van der Waals surface area contributed by atoms with Gasteiger partial charge in [-0.25, -0.2) is 0 Å². The highest BCUT2D eigenvalue weighted by molar-refractivity contribution is 5.77. The summed E-state index contributed by atoms with van der Waals surface area (Å²) < 4.78 is 15.1. The maximum absolute atomic E-state index is 11.5. The molecule has 0 aromatic rings. The molecule has 0 amide bonds. The molecular formula is C19H36O5. The van der Waals surface area contributed by atoms with Gasteiger partial charge in [-0.15, -0.1) is 0 Å². The van der Waals surface area contributed by atoms with Crippen LogP contribution >= 0.6 is 0 Å². The van der Waals surface area contributed by atoms with Gasteiger partial charge in [-0.05, 0) is 13.3 Å². The Labute approximate surface area is 147 Å². The van der Waals surface area contributed by atoms with E-state index in [0.29, 0.717) is 19.8 Å². The molecule has 0 aromatic carbocycles. The summed E-state index contributed by atoms with van der Waals surface area (Å²) >= 11 is 0. The summed E-state index contributed by atoms with van der Waals surface area (Å²) in [5.74, 6) is -0.703. The summed E-state index contributed by atoms with van der Waals surface area (Å²) in [7, 11) is 0. The van der Waals surface area contributed by atoms with Crippen LogP contribution in [0.15, 0.2) is 0 Å². The van der Waals surface area contributed by atoms with Crippen LogP contribution in [-0.4, -0.2) is 38.4 Å². The summed E-state index contributed by atoms with van der Waals surface area (Å²) in [4.78, 5) is 22.9. The fourth-order valence-electron chi connectivity index (χ4n) is 2.31. The molecule has 5 nitrogen and oxygen atoms in total. The van der Waals surface area contributed by atoms with Crippen LogP contribution < -0.4 is 0 Å². The van der Waals surface area contributed by atoms with Gasteiger partial charge in [0.05, 0.1) is 26.1 Å². The summed E-state index contributed by atoms with van der Waals surface area (Å²) in [6, 6.07) is 0. The first-order valence-electron chi connectivity index (χ1n) is 9.59. The highest BCUT2D eigenvalue weighted by Gasteiger charge is 2.08. The summed E-state index contributed by atoms with van der Waals surface area (Å²) in [5, 5.41) is 0. The predicted molar refractivity (Wildman–Crippen MR) is 94.9 cm³/mol. The molecule has 0 N–H and O–H groups in total. The minimum absolute atomic E-state index is 0.0721. The average molecular weight is 344 g/mol. The molecule has 0 radical (unpaired) electrons. The largest absolute Gasteiger partial charge is 0.466 e. The van der Waals surface area contributed by atoms with Crippen molar-refractivity contribution in [1.29, 1.82) is 0 Å². The molecule has 0 saturated carbocycles. The van der Waals surface area contributed by atoms with Gasteiger partial charge < -0.3 is 14.2 Å². The van der Waals surface area contributed by atoms with Crippen molar-refractivity contribution < 1.29 is 23.8 Å². The van der Waals surface area contributed by atoms with Crippen LogP contribution in [0.2, 0.25) is 0 Å². The Bertz CT molecular complexity index is 304. The molecule has 0 spiro atoms. The van der Waals surface area contributed by atoms with Gasteiger partial charge in [0.15, 0.2) is 0 Å². The van der Waals surface area contributed by atoms with Crippen LogP contribution in [0.3, 0.4) is 0 Å². The minimum Gasteiger partial charge on any atom is -0.466 e. The Hall–Kier alpha value is -1.10. The zero-order valence-corrected chi connectivity index (χ0v) is 15.6. The number of carbonyl (C=O) groups excluding carboxylic acids is 2. The van der Waals surface area contributed by atoms with Crippen LogP contribution in [-0.2, 0) is 23.8 Å². The van der Waals surface area contributed by atoms with E-state index >= 15 is 0 Å². The van der Waals surface area contributed by atoms with E-state index < -0.39 is 0 Å². The Balaban J connectivity index is 3.30. The van der Waals surface area contributed by atoms with Gasteiger partial charge in [-0.3, -0.25) is 9.59 Å². The Kier molecular flexibility index (Phi) is 17.4. The lowest BCUT2D eigenvalue weighted by Gasteiger charge is -2.06. The van der Waals surface area contributed by atoms with E-state index in [9.17, 15) is 9.59 Å². The van der Waals surface area contributed by atoms with Crippen molar-refractivity contribution in [1.82, 2.24) is 0 Å². The lowest BCUT2D eigenvalue weighted by molar-refractivity contribution is -0.151. The predicted octanol–water partition coefficient (Wildman–Crippen LogP) is 4.42. The Morgan fingerprint density at radius 2 is 1.12 bits per heavy atom. The summed E-state index contributed by atoms with van der Waals surface area (Å²) in [6.45, 7) is 5.79. The summed E-state index contributed by atoms with van der Waals surface area (Å²) in [6.07, 6.45) is 11.3. The van der Waals surface area contributed by atoms with Gasteiger partial charge in [-0.2, -0.15) is 0 Å². The smallest absolute Gasteiger partial charge is 0.306 e. The second kappa shape index (κ2) is 18.2. The van der Waals surface area contributed by atoms with E-state index in [1.807, 2.05) is 6.92 Å². The third kappa shape index (κ3) is 17.3. The zero-order chi connectivity index (χ0) is 17.9. The molecule has 0 atom stereocenters. The first-order chi connectivity index (χ1) is 11.7. The molecule has 24 heavy (non-hydrogen) atoms. The quantitative estimate of drug-likeness (QED) is 0.289. The van der Waals surface area contributed by atoms with E-state index in [-0.39, 0.29) is 31.4 Å². The van der Waals surface area contributed by atoms with Gasteiger partial charge in [0.1, 0.15) is 6.61 Å². The number of carbonyl (C=O) groups is 2. The molecule has 0 aromatic heterocycles. The van der Waals surface area contributed by atoms with Crippen molar-refractivity contribution >= 4 is 11.9 Å². The molecule has 0 rings (SSSR count). The number of ether oxygens (including phenoxy) is 3. The molecule has 0 aliphatic rings. The molecule has 5 heteroatoms. The van der Waals surface area contributed by atoms with Gasteiger partial charge in [0.25, 0.3) is 0 Å². The van der Waals surface area contributed by atoms with E-state index in [1.165, 1.54) is 44.9 Å². The van der Waals surface area contributed by atoms with Gasteiger partial charge in [-0.1, -0.05) is 58.3 Å². The molecule has 0 fully saturated rings. The maximum atomic E-state index is 11.5. The lowest BCUT2D eigenvalue weighted by atomic mass is 10.1. The second-order valence-corrected chi connectivity index (χ2v) is 5.97. The molecular weight excluding hydrogens is 308 g/mol. The standard InChI is InChI=1S/C19H36O5/c1-3-5-6-7-8-9-10-11-12-15-23-18(20)13-14-19(21)24-17-16-22-4-2/h3-17H2,1-2H3. The number of esters is 2. The van der Waals surface area contributed by atoms with E-state index in [1.54, 1.807) is 0 Å². The van der Waals surface area contributed by atoms with E-state index in [4.69, 9.17) is 14.2 Å². The van der Waals surface area contributed by atoms with Crippen molar-refractivity contribution in [2.75, 3.05) is 26.4 Å². The van der Waals surface area contributed by atoms with Gasteiger partial charge in [0.2, 0.25) is 0 Å². The van der Waals surface area contributed by atoms with Gasteiger partial charge >= 0.3 is 11.9 Å². The van der Waals surface area contributed by atoms with Crippen molar-refractivity contribution in [2.24, 2.45) is 0 Å². The Morgan fingerprint density at radius 3 is 1.67 bits per heavy atom. The second-order valence-electron chi connectivity index (χ2n) is 5.97. The van der Waals surface area contributed by atoms with Crippen LogP contribution in [0.4, 0.5) is 0 Å². The van der Waals surface area contributed by atoms with Crippen molar-refractivity contribution in [2.45, 2.75) is 84.5 Å². The van der Waals surface area contributed by atoms with Crippen LogP contribution in [0.25, 0.3) is 0 Å². The van der Waals surface area contributed by atoms with E-state index in [0.717, 1.165) is 12.8 Å². The molecule has 0 saturated heterocycles. The molecule has 0 unspecified atom stereocenters. The van der Waals surface area contributed by atoms with Crippen molar-refractivity contribution in [3.8, 4) is 0 Å². The fraction of sp³-hybridized carbons (Fsp3) is 0.895. The fourth-order valence-corrected chi connectivity index (χ4v) is 2.31. The van der Waals surface area contributed by atoms with Crippen molar-refractivity contribution in [3.63, 3.8) is 0 Å². The van der Waals surface area contributed by atoms with Crippen LogP contribution in [0, 0.1) is 0 Å². The number of unbranched alkanes of at least 4 members (excludes halogenated alkanes) is 8. The Morgan fingerprint density at radius 1 is 0.625 bits per heavy atom. The van der Waals surface area contributed by atoms with E-state index in [2.05, 4.69) is 6.92 Å². The van der Waals surface area contributed by atoms with Gasteiger partial charge in [0, 0.05) is 6.61 Å². The molecule has 142 valence electrons. The third-order valence-electron chi connectivity index (χ3n) is 3.74. The number of rotatable bonds is 17. The monoisotopic (exact) mass is 344 g/mol. The van der Waals surface area contributed by atoms with Crippen molar-refractivity contribution in [3.05, 3.63) is 0 Å². The third-order valence-corrected chi connectivity index (χ3v) is 3.74. The van der Waals surface area contributed by atoms with Crippen LogP contribution in [0.1, 0.15) is 84.5 Å². The topological polar surface area (TPSA) is 61.8 Å². The molecule has 0 bridgehead atoms. The lowest BCUT2D eigenvalue weighted by Crippen LogP contribution is -2.13. The highest BCUT2D eigenvalue weighted by Crippen LogP contribution is 2.09. The SMILES string of the molecule is CCCCCCCCCCCOC(=O)CCC(=O)OCCOCC.